The Morgan fingerprint density at radius 1 is 1.10 bits per heavy atom. The Hall–Kier alpha value is -2.29. The molecule has 2 aliphatic rings. The molecule has 31 heavy (non-hydrogen) atoms. The lowest BCUT2D eigenvalue weighted by Gasteiger charge is -2.31. The van der Waals surface area contributed by atoms with Crippen LogP contribution in [0.1, 0.15) is 31.4 Å². The minimum atomic E-state index is -3.67. The van der Waals surface area contributed by atoms with Crippen molar-refractivity contribution in [1.29, 1.82) is 0 Å². The van der Waals surface area contributed by atoms with Gasteiger partial charge in [-0.2, -0.15) is 4.31 Å². The highest BCUT2D eigenvalue weighted by Crippen LogP contribution is 2.34. The molecule has 1 amide bonds. The van der Waals surface area contributed by atoms with E-state index in [0.29, 0.717) is 42.6 Å². The van der Waals surface area contributed by atoms with Crippen molar-refractivity contribution >= 4 is 27.5 Å². The van der Waals surface area contributed by atoms with Crippen LogP contribution in [0.25, 0.3) is 0 Å². The molecule has 2 aliphatic heterocycles. The average Bonchev–Trinajstić information content (AvgIpc) is 2.79. The lowest BCUT2D eigenvalue weighted by atomic mass is 9.96. The minimum Gasteiger partial charge on any atom is -0.486 e. The summed E-state index contributed by atoms with van der Waals surface area (Å²) in [7, 11) is -3.67. The molecule has 9 heteroatoms. The van der Waals surface area contributed by atoms with Crippen LogP contribution >= 0.6 is 11.6 Å². The molecule has 0 radical (unpaired) electrons. The molecule has 1 N–H and O–H groups in total. The number of ether oxygens (including phenoxy) is 2. The van der Waals surface area contributed by atoms with Gasteiger partial charge in [-0.25, -0.2) is 8.42 Å². The quantitative estimate of drug-likeness (QED) is 0.733. The van der Waals surface area contributed by atoms with Crippen LogP contribution in [-0.2, 0) is 14.8 Å². The fraction of sp³-hybridized carbons (Fsp3) is 0.409. The Morgan fingerprint density at radius 2 is 1.77 bits per heavy atom. The van der Waals surface area contributed by atoms with Gasteiger partial charge in [-0.15, -0.1) is 0 Å². The topological polar surface area (TPSA) is 84.9 Å². The van der Waals surface area contributed by atoms with Crippen molar-refractivity contribution in [3.05, 3.63) is 53.1 Å². The van der Waals surface area contributed by atoms with Gasteiger partial charge >= 0.3 is 0 Å². The number of nitrogens with zero attached hydrogens (tertiary/aromatic N) is 1. The Balaban J connectivity index is 1.38. The normalized spacial score (nSPS) is 18.4. The van der Waals surface area contributed by atoms with Gasteiger partial charge in [0.2, 0.25) is 15.9 Å². The fourth-order valence-corrected chi connectivity index (χ4v) is 5.71. The van der Waals surface area contributed by atoms with Gasteiger partial charge in [0.25, 0.3) is 0 Å². The molecule has 1 saturated heterocycles. The molecule has 7 nitrogen and oxygen atoms in total. The summed E-state index contributed by atoms with van der Waals surface area (Å²) in [6, 6.07) is 11.8. The molecule has 1 fully saturated rings. The lowest BCUT2D eigenvalue weighted by molar-refractivity contribution is -0.126. The van der Waals surface area contributed by atoms with E-state index in [0.717, 1.165) is 5.56 Å². The van der Waals surface area contributed by atoms with Crippen LogP contribution in [0, 0.1) is 5.92 Å². The Labute approximate surface area is 187 Å². The summed E-state index contributed by atoms with van der Waals surface area (Å²) in [4.78, 5) is 12.9. The Bertz CT molecular complexity index is 1070. The number of rotatable bonds is 5. The molecule has 0 aliphatic carbocycles. The van der Waals surface area contributed by atoms with Crippen molar-refractivity contribution in [2.75, 3.05) is 26.3 Å². The van der Waals surface area contributed by atoms with Crippen molar-refractivity contribution < 1.29 is 22.7 Å². The number of sulfonamides is 1. The first-order valence-corrected chi connectivity index (χ1v) is 12.1. The number of fused-ring (bicyclic) bond motifs is 1. The zero-order valence-electron chi connectivity index (χ0n) is 17.2. The standard InChI is InChI=1S/C22H25ClN2O5S/c1-15(18-4-2-3-5-19(18)23)24-22(26)16-8-10-25(11-9-16)31(27,28)17-6-7-20-21(14-17)30-13-12-29-20/h2-7,14-16H,8-13H2,1H3,(H,24,26)/t15-/m1/s1. The van der Waals surface area contributed by atoms with Crippen LogP contribution < -0.4 is 14.8 Å². The molecule has 0 unspecified atom stereocenters. The third-order valence-corrected chi connectivity index (χ3v) is 7.95. The molecule has 2 aromatic rings. The molecule has 4 rings (SSSR count). The smallest absolute Gasteiger partial charge is 0.243 e. The summed E-state index contributed by atoms with van der Waals surface area (Å²) in [5.74, 6) is 0.670. The van der Waals surface area contributed by atoms with Gasteiger partial charge in [0, 0.05) is 30.1 Å². The van der Waals surface area contributed by atoms with E-state index >= 15 is 0 Å². The van der Waals surface area contributed by atoms with Crippen molar-refractivity contribution in [1.82, 2.24) is 9.62 Å². The number of amides is 1. The van der Waals surface area contributed by atoms with Gasteiger partial charge in [0.1, 0.15) is 13.2 Å². The maximum atomic E-state index is 13.1. The van der Waals surface area contributed by atoms with E-state index in [-0.39, 0.29) is 35.9 Å². The predicted octanol–water partition coefficient (Wildman–Crippen LogP) is 3.39. The summed E-state index contributed by atoms with van der Waals surface area (Å²) < 4.78 is 38.5. The van der Waals surface area contributed by atoms with E-state index in [4.69, 9.17) is 21.1 Å². The number of hydrogen-bond acceptors (Lipinski definition) is 5. The lowest BCUT2D eigenvalue weighted by Crippen LogP contribution is -2.43. The van der Waals surface area contributed by atoms with E-state index in [1.54, 1.807) is 12.1 Å². The summed E-state index contributed by atoms with van der Waals surface area (Å²) >= 11 is 6.22. The van der Waals surface area contributed by atoms with Crippen LogP contribution in [0.15, 0.2) is 47.4 Å². The van der Waals surface area contributed by atoms with Crippen molar-refractivity contribution in [3.8, 4) is 11.5 Å². The second-order valence-corrected chi connectivity index (χ2v) is 10.1. The Morgan fingerprint density at radius 3 is 2.48 bits per heavy atom. The first-order valence-electron chi connectivity index (χ1n) is 10.3. The average molecular weight is 465 g/mol. The van der Waals surface area contributed by atoms with Gasteiger partial charge in [-0.3, -0.25) is 4.79 Å². The minimum absolute atomic E-state index is 0.0798. The maximum absolute atomic E-state index is 13.1. The zero-order valence-corrected chi connectivity index (χ0v) is 18.8. The number of nitrogens with one attached hydrogen (secondary N) is 1. The monoisotopic (exact) mass is 464 g/mol. The summed E-state index contributed by atoms with van der Waals surface area (Å²) in [6.07, 6.45) is 0.926. The highest BCUT2D eigenvalue weighted by molar-refractivity contribution is 7.89. The molecule has 0 aromatic heterocycles. The number of carbonyl (C=O) groups is 1. The van der Waals surface area contributed by atoms with E-state index in [2.05, 4.69) is 5.32 Å². The molecule has 1 atom stereocenters. The van der Waals surface area contributed by atoms with Crippen molar-refractivity contribution in [3.63, 3.8) is 0 Å². The van der Waals surface area contributed by atoms with Gasteiger partial charge in [-0.1, -0.05) is 29.8 Å². The summed E-state index contributed by atoms with van der Waals surface area (Å²) in [5.41, 5.74) is 0.858. The van der Waals surface area contributed by atoms with E-state index in [9.17, 15) is 13.2 Å². The maximum Gasteiger partial charge on any atom is 0.243 e. The number of benzene rings is 2. The molecule has 0 saturated carbocycles. The van der Waals surface area contributed by atoms with Crippen LogP contribution in [0.2, 0.25) is 5.02 Å². The highest BCUT2D eigenvalue weighted by Gasteiger charge is 2.33. The van der Waals surface area contributed by atoms with Gasteiger partial charge in [-0.05, 0) is 43.5 Å². The van der Waals surface area contributed by atoms with Crippen LogP contribution in [0.5, 0.6) is 11.5 Å². The SMILES string of the molecule is C[C@@H](NC(=O)C1CCN(S(=O)(=O)c2ccc3c(c2)OCCO3)CC1)c1ccccc1Cl. The van der Waals surface area contributed by atoms with Crippen LogP contribution in [-0.4, -0.2) is 44.9 Å². The molecule has 2 aromatic carbocycles. The van der Waals surface area contributed by atoms with E-state index in [1.165, 1.54) is 16.4 Å². The number of carbonyl (C=O) groups excluding carboxylic acids is 1. The van der Waals surface area contributed by atoms with Crippen LogP contribution in [0.3, 0.4) is 0 Å². The second-order valence-electron chi connectivity index (χ2n) is 7.74. The number of hydrogen-bond donors (Lipinski definition) is 1. The molecule has 0 spiro atoms. The first kappa shape index (κ1) is 21.9. The largest absolute Gasteiger partial charge is 0.486 e. The molecule has 2 heterocycles. The van der Waals surface area contributed by atoms with E-state index < -0.39 is 10.0 Å². The van der Waals surface area contributed by atoms with Crippen LogP contribution in [0.4, 0.5) is 0 Å². The van der Waals surface area contributed by atoms with Crippen molar-refractivity contribution in [2.24, 2.45) is 5.92 Å². The molecular formula is C22H25ClN2O5S. The van der Waals surface area contributed by atoms with Gasteiger partial charge < -0.3 is 14.8 Å². The zero-order chi connectivity index (χ0) is 22.0. The highest BCUT2D eigenvalue weighted by atomic mass is 35.5. The fourth-order valence-electron chi connectivity index (χ4n) is 3.93. The Kier molecular flexibility index (Phi) is 6.41. The summed E-state index contributed by atoms with van der Waals surface area (Å²) in [5, 5.41) is 3.61. The van der Waals surface area contributed by atoms with Crippen molar-refractivity contribution in [2.45, 2.75) is 30.7 Å². The van der Waals surface area contributed by atoms with Gasteiger partial charge in [0.15, 0.2) is 11.5 Å². The molecule has 0 bridgehead atoms. The molecule has 166 valence electrons. The number of halogens is 1. The predicted molar refractivity (Wildman–Crippen MR) is 117 cm³/mol. The summed E-state index contributed by atoms with van der Waals surface area (Å²) in [6.45, 7) is 3.30. The molecular weight excluding hydrogens is 440 g/mol. The third-order valence-electron chi connectivity index (χ3n) is 5.71. The van der Waals surface area contributed by atoms with E-state index in [1.807, 2.05) is 25.1 Å². The third kappa shape index (κ3) is 4.66. The second kappa shape index (κ2) is 9.06. The number of piperidine rings is 1. The van der Waals surface area contributed by atoms with Gasteiger partial charge in [0.05, 0.1) is 10.9 Å². The first-order chi connectivity index (χ1) is 14.9.